The van der Waals surface area contributed by atoms with Crippen LogP contribution in [0.2, 0.25) is 0 Å². The first-order valence-corrected chi connectivity index (χ1v) is 12.4. The third-order valence-corrected chi connectivity index (χ3v) is 6.54. The fraction of sp³-hybridized carbons (Fsp3) is 0.261. The first-order chi connectivity index (χ1) is 17.0. The third-order valence-electron chi connectivity index (χ3n) is 5.28. The van der Waals surface area contributed by atoms with Crippen molar-refractivity contribution in [1.29, 1.82) is 0 Å². The van der Waals surface area contributed by atoms with Crippen molar-refractivity contribution in [3.05, 3.63) is 80.9 Å². The van der Waals surface area contributed by atoms with Gasteiger partial charge in [0.15, 0.2) is 11.6 Å². The Morgan fingerprint density at radius 1 is 1.19 bits per heavy atom. The van der Waals surface area contributed by atoms with Crippen LogP contribution < -0.4 is 21.1 Å². The second kappa shape index (κ2) is 10.8. The molecule has 0 aliphatic rings. The van der Waals surface area contributed by atoms with E-state index in [1.54, 1.807) is 13.0 Å². The predicted octanol–water partition coefficient (Wildman–Crippen LogP) is 2.98. The number of hydrogen-bond acceptors (Lipinski definition) is 7. The van der Waals surface area contributed by atoms with Gasteiger partial charge in [-0.2, -0.15) is 0 Å². The number of halogens is 2. The Balaban J connectivity index is 2.09. The van der Waals surface area contributed by atoms with E-state index in [9.17, 15) is 22.4 Å². The zero-order valence-electron chi connectivity index (χ0n) is 20.0. The molecule has 0 bridgehead atoms. The summed E-state index contributed by atoms with van der Waals surface area (Å²) in [5.74, 6) is -3.09. The molecule has 0 radical (unpaired) electrons. The van der Waals surface area contributed by atoms with Gasteiger partial charge in [-0.05, 0) is 44.5 Å². The van der Waals surface area contributed by atoms with Gasteiger partial charge in [-0.1, -0.05) is 6.07 Å². The van der Waals surface area contributed by atoms with Gasteiger partial charge in [0.1, 0.15) is 5.82 Å². The van der Waals surface area contributed by atoms with Crippen molar-refractivity contribution in [2.24, 2.45) is 0 Å². The van der Waals surface area contributed by atoms with Crippen LogP contribution in [0.25, 0.3) is 0 Å². The molecule has 192 valence electrons. The maximum Gasteiger partial charge on any atom is 0.278 e. The zero-order valence-corrected chi connectivity index (χ0v) is 20.8. The number of amides is 1. The molecule has 0 unspecified atom stereocenters. The van der Waals surface area contributed by atoms with Crippen LogP contribution >= 0.6 is 0 Å². The molecule has 0 aliphatic carbocycles. The highest BCUT2D eigenvalue weighted by molar-refractivity contribution is 7.92. The minimum atomic E-state index is -3.79. The number of nitrogens with zero attached hydrogens (tertiary/aromatic N) is 2. The van der Waals surface area contributed by atoms with Crippen molar-refractivity contribution >= 4 is 33.1 Å². The summed E-state index contributed by atoms with van der Waals surface area (Å²) in [4.78, 5) is 34.3. The van der Waals surface area contributed by atoms with Crippen LogP contribution in [0, 0.1) is 25.5 Å². The molecule has 0 saturated heterocycles. The van der Waals surface area contributed by atoms with Gasteiger partial charge in [0.25, 0.3) is 11.5 Å². The third kappa shape index (κ3) is 5.86. The summed E-state index contributed by atoms with van der Waals surface area (Å²) < 4.78 is 56.3. The molecular formula is C23H25F2N5O5S. The molecule has 3 aromatic rings. The van der Waals surface area contributed by atoms with Gasteiger partial charge >= 0.3 is 0 Å². The number of rotatable bonds is 9. The molecule has 2 heterocycles. The van der Waals surface area contributed by atoms with Gasteiger partial charge in [0, 0.05) is 23.5 Å². The van der Waals surface area contributed by atoms with Crippen LogP contribution in [0.1, 0.15) is 34.0 Å². The van der Waals surface area contributed by atoms with Crippen LogP contribution in [0.3, 0.4) is 0 Å². The van der Waals surface area contributed by atoms with Crippen LogP contribution in [-0.2, 0) is 21.4 Å². The first-order valence-electron chi connectivity index (χ1n) is 10.7. The van der Waals surface area contributed by atoms with E-state index in [0.29, 0.717) is 5.56 Å². The number of nitrogens with one attached hydrogen (secondary N) is 3. The summed E-state index contributed by atoms with van der Waals surface area (Å²) in [6.07, 6.45) is 2.37. The normalized spacial score (nSPS) is 11.3. The highest BCUT2D eigenvalue weighted by Crippen LogP contribution is 2.26. The monoisotopic (exact) mass is 521 g/mol. The number of sulfonamides is 1. The van der Waals surface area contributed by atoms with Crippen molar-refractivity contribution in [3.63, 3.8) is 0 Å². The largest absolute Gasteiger partial charge is 0.352 e. The molecule has 0 atom stereocenters. The summed E-state index contributed by atoms with van der Waals surface area (Å²) in [5, 5.41) is 2.79. The van der Waals surface area contributed by atoms with Gasteiger partial charge < -0.3 is 9.88 Å². The van der Waals surface area contributed by atoms with Crippen molar-refractivity contribution in [2.75, 3.05) is 22.9 Å². The molecule has 0 spiro atoms. The Kier molecular flexibility index (Phi) is 8.05. The van der Waals surface area contributed by atoms with E-state index >= 15 is 4.39 Å². The molecule has 3 N–H and O–H groups in total. The number of hydroxylamine groups is 1. The average molecular weight is 522 g/mol. The molecule has 0 aliphatic heterocycles. The minimum absolute atomic E-state index is 0.0418. The quantitative estimate of drug-likeness (QED) is 0.369. The maximum atomic E-state index is 15.0. The second-order valence-electron chi connectivity index (χ2n) is 7.86. The lowest BCUT2D eigenvalue weighted by Gasteiger charge is -2.18. The maximum absolute atomic E-state index is 15.0. The van der Waals surface area contributed by atoms with E-state index < -0.39 is 38.9 Å². The van der Waals surface area contributed by atoms with Crippen LogP contribution in [0.5, 0.6) is 0 Å². The summed E-state index contributed by atoms with van der Waals surface area (Å²) in [7, 11) is -2.57. The highest BCUT2D eigenvalue weighted by Gasteiger charge is 2.21. The van der Waals surface area contributed by atoms with Crippen molar-refractivity contribution in [1.82, 2.24) is 15.0 Å². The van der Waals surface area contributed by atoms with Crippen molar-refractivity contribution < 1.29 is 26.8 Å². The van der Waals surface area contributed by atoms with E-state index in [1.807, 2.05) is 0 Å². The van der Waals surface area contributed by atoms with Crippen LogP contribution in [-0.4, -0.2) is 36.7 Å². The number of aromatic nitrogens is 2. The Hall–Kier alpha value is -3.84. The first kappa shape index (κ1) is 26.8. The van der Waals surface area contributed by atoms with Crippen molar-refractivity contribution in [3.8, 4) is 0 Å². The Morgan fingerprint density at radius 2 is 1.92 bits per heavy atom. The lowest BCUT2D eigenvalue weighted by Crippen LogP contribution is -2.30. The fourth-order valence-corrected chi connectivity index (χ4v) is 3.92. The molecule has 36 heavy (non-hydrogen) atoms. The number of benzene rings is 1. The highest BCUT2D eigenvalue weighted by atomic mass is 32.2. The Labute approximate surface area is 206 Å². The lowest BCUT2D eigenvalue weighted by atomic mass is 10.1. The van der Waals surface area contributed by atoms with Gasteiger partial charge in [-0.3, -0.25) is 19.1 Å². The summed E-state index contributed by atoms with van der Waals surface area (Å²) in [6.45, 7) is 4.19. The number of anilines is 3. The molecule has 0 fully saturated rings. The molecule has 1 aromatic carbocycles. The van der Waals surface area contributed by atoms with Crippen molar-refractivity contribution in [2.45, 2.75) is 27.3 Å². The molecule has 1 amide bonds. The van der Waals surface area contributed by atoms with Gasteiger partial charge in [0.05, 0.1) is 36.3 Å². The zero-order chi connectivity index (χ0) is 26.6. The lowest BCUT2D eigenvalue weighted by molar-refractivity contribution is 0.0537. The fourth-order valence-electron chi connectivity index (χ4n) is 3.34. The van der Waals surface area contributed by atoms with E-state index in [1.165, 1.54) is 51.6 Å². The Bertz CT molecular complexity index is 1470. The molecule has 10 nitrogen and oxygen atoms in total. The van der Waals surface area contributed by atoms with E-state index in [2.05, 4.69) is 20.5 Å². The standard InChI is InChI=1S/C23H25F2N5O5S/c1-5-36(33,34)29-21-19(25)15(8-9-26-21)11-30-12-16(22(31)28-35-4)20(14(3)23(30)32)27-18-7-6-13(2)10-17(18)24/h6-10,12,27H,5,11H2,1-4H3,(H,26,29)(H,28,31). The smallest absolute Gasteiger partial charge is 0.278 e. The molecule has 3 rings (SSSR count). The SMILES string of the molecule is CCS(=O)(=O)Nc1nccc(Cn2cc(C(=O)NOC)c(Nc3ccc(C)cc3F)c(C)c2=O)c1F. The molecule has 0 saturated carbocycles. The van der Waals surface area contributed by atoms with E-state index in [4.69, 9.17) is 4.84 Å². The number of pyridine rings is 2. The molecule has 2 aromatic heterocycles. The van der Waals surface area contributed by atoms with Crippen LogP contribution in [0.4, 0.5) is 26.0 Å². The van der Waals surface area contributed by atoms with Gasteiger partial charge in [-0.15, -0.1) is 0 Å². The second-order valence-corrected chi connectivity index (χ2v) is 9.87. The van der Waals surface area contributed by atoms with E-state index in [-0.39, 0.29) is 40.4 Å². The van der Waals surface area contributed by atoms with Gasteiger partial charge in [-0.25, -0.2) is 27.7 Å². The summed E-state index contributed by atoms with van der Waals surface area (Å²) >= 11 is 0. The molecule has 13 heteroatoms. The Morgan fingerprint density at radius 3 is 2.56 bits per heavy atom. The average Bonchev–Trinajstić information content (AvgIpc) is 2.82. The number of carbonyl (C=O) groups is 1. The number of hydrogen-bond donors (Lipinski definition) is 3. The summed E-state index contributed by atoms with van der Waals surface area (Å²) in [6, 6.07) is 5.71. The minimum Gasteiger partial charge on any atom is -0.352 e. The van der Waals surface area contributed by atoms with Crippen LogP contribution in [0.15, 0.2) is 41.5 Å². The number of aryl methyl sites for hydroxylation is 1. The number of carbonyl (C=O) groups excluding carboxylic acids is 1. The van der Waals surface area contributed by atoms with E-state index in [0.717, 1.165) is 4.57 Å². The van der Waals surface area contributed by atoms with Gasteiger partial charge in [0.2, 0.25) is 10.0 Å². The molecular weight excluding hydrogens is 496 g/mol. The predicted molar refractivity (Wildman–Crippen MR) is 131 cm³/mol. The summed E-state index contributed by atoms with van der Waals surface area (Å²) in [5.41, 5.74) is 2.26. The topological polar surface area (TPSA) is 131 Å².